The van der Waals surface area contributed by atoms with Gasteiger partial charge in [0.15, 0.2) is 0 Å². The molecule has 1 rings (SSSR count). The van der Waals surface area contributed by atoms with E-state index in [1.165, 1.54) is 6.92 Å². The average molecular weight is 169 g/mol. The van der Waals surface area contributed by atoms with E-state index in [0.29, 0.717) is 5.88 Å². The number of aliphatic hydroxyl groups excluding tert-OH is 1. The second kappa shape index (κ2) is 3.92. The normalized spacial score (nSPS) is 12.5. The van der Waals surface area contributed by atoms with Crippen molar-refractivity contribution in [2.24, 2.45) is 0 Å². The fraction of sp³-hybridized carbons (Fsp3) is 0.375. The third-order valence-electron chi connectivity index (χ3n) is 1.26. The lowest BCUT2D eigenvalue weighted by molar-refractivity contribution is -0.136. The molecular weight excluding hydrogens is 158 g/mol. The number of hydrogen-bond acceptors (Lipinski definition) is 3. The van der Waals surface area contributed by atoms with Gasteiger partial charge in [0.25, 0.3) is 0 Å². The maximum atomic E-state index is 10.9. The van der Waals surface area contributed by atoms with E-state index >= 15 is 0 Å². The number of H-pyrrole nitrogens is 1. The summed E-state index contributed by atoms with van der Waals surface area (Å²) in [5.74, 6) is -0.0342. The molecule has 1 aromatic rings. The van der Waals surface area contributed by atoms with E-state index in [-0.39, 0.29) is 6.42 Å². The highest BCUT2D eigenvalue weighted by Crippen LogP contribution is 2.06. The van der Waals surface area contributed by atoms with Gasteiger partial charge in [0.2, 0.25) is 5.88 Å². The van der Waals surface area contributed by atoms with E-state index in [1.54, 1.807) is 18.3 Å². The Morgan fingerprint density at radius 1 is 1.83 bits per heavy atom. The second-order valence-electron chi connectivity index (χ2n) is 2.56. The van der Waals surface area contributed by atoms with E-state index in [0.717, 1.165) is 0 Å². The van der Waals surface area contributed by atoms with Crippen LogP contribution < -0.4 is 4.74 Å². The lowest BCUT2D eigenvalue weighted by atomic mass is 10.3. The molecule has 0 saturated heterocycles. The minimum atomic E-state index is -0.660. The van der Waals surface area contributed by atoms with E-state index in [9.17, 15) is 4.79 Å². The molecule has 1 atom stereocenters. The summed E-state index contributed by atoms with van der Waals surface area (Å²) in [6, 6.07) is 3.37. The van der Waals surface area contributed by atoms with Crippen LogP contribution in [0.4, 0.5) is 0 Å². The Balaban J connectivity index is 2.37. The first-order chi connectivity index (χ1) is 5.68. The number of aromatic nitrogens is 1. The average Bonchev–Trinajstić information content (AvgIpc) is 2.37. The highest BCUT2D eigenvalue weighted by Gasteiger charge is 2.08. The lowest BCUT2D eigenvalue weighted by Crippen LogP contribution is -2.15. The van der Waals surface area contributed by atoms with E-state index in [4.69, 9.17) is 9.84 Å². The third kappa shape index (κ3) is 2.75. The summed E-state index contributed by atoms with van der Waals surface area (Å²) in [4.78, 5) is 13.6. The standard InChI is InChI=1S/C8H11NO3/c1-6(10)5-8(11)12-7-3-2-4-9-7/h2-4,6,9-10H,5H2,1H3. The number of nitrogens with one attached hydrogen (secondary N) is 1. The Morgan fingerprint density at radius 2 is 2.58 bits per heavy atom. The quantitative estimate of drug-likeness (QED) is 0.654. The summed E-state index contributed by atoms with van der Waals surface area (Å²) in [5.41, 5.74) is 0. The van der Waals surface area contributed by atoms with Crippen molar-refractivity contribution >= 4 is 5.97 Å². The van der Waals surface area contributed by atoms with Gasteiger partial charge >= 0.3 is 5.97 Å². The summed E-state index contributed by atoms with van der Waals surface area (Å²) < 4.78 is 4.81. The second-order valence-corrected chi connectivity index (χ2v) is 2.56. The summed E-state index contributed by atoms with van der Waals surface area (Å²) in [6.45, 7) is 1.54. The zero-order valence-electron chi connectivity index (χ0n) is 6.78. The zero-order chi connectivity index (χ0) is 8.97. The number of aromatic amines is 1. The van der Waals surface area contributed by atoms with Crippen LogP contribution in [0.15, 0.2) is 18.3 Å². The molecule has 0 aromatic carbocycles. The van der Waals surface area contributed by atoms with Crippen LogP contribution in [0.5, 0.6) is 5.88 Å². The molecule has 0 spiro atoms. The van der Waals surface area contributed by atoms with Crippen LogP contribution >= 0.6 is 0 Å². The van der Waals surface area contributed by atoms with Gasteiger partial charge in [0.1, 0.15) is 0 Å². The van der Waals surface area contributed by atoms with Gasteiger partial charge in [-0.05, 0) is 13.0 Å². The monoisotopic (exact) mass is 169 g/mol. The van der Waals surface area contributed by atoms with Gasteiger partial charge in [-0.2, -0.15) is 0 Å². The molecule has 4 heteroatoms. The molecule has 12 heavy (non-hydrogen) atoms. The van der Waals surface area contributed by atoms with Crippen LogP contribution in [-0.4, -0.2) is 22.2 Å². The summed E-state index contributed by atoms with van der Waals surface area (Å²) >= 11 is 0. The molecule has 0 bridgehead atoms. The smallest absolute Gasteiger partial charge is 0.315 e. The third-order valence-corrected chi connectivity index (χ3v) is 1.26. The molecule has 0 amide bonds. The molecule has 1 heterocycles. The number of rotatable bonds is 3. The van der Waals surface area contributed by atoms with Crippen molar-refractivity contribution in [1.29, 1.82) is 0 Å². The van der Waals surface area contributed by atoms with Gasteiger partial charge in [-0.15, -0.1) is 0 Å². The Morgan fingerprint density at radius 3 is 3.08 bits per heavy atom. The van der Waals surface area contributed by atoms with Gasteiger partial charge in [0.05, 0.1) is 12.5 Å². The molecule has 1 aromatic heterocycles. The topological polar surface area (TPSA) is 62.3 Å². The maximum absolute atomic E-state index is 10.9. The number of carbonyl (C=O) groups is 1. The van der Waals surface area contributed by atoms with Crippen molar-refractivity contribution < 1.29 is 14.6 Å². The predicted molar refractivity (Wildman–Crippen MR) is 42.7 cm³/mol. The Labute approximate surface area is 70.2 Å². The SMILES string of the molecule is CC(O)CC(=O)Oc1ccc[nH]1. The fourth-order valence-corrected chi connectivity index (χ4v) is 0.783. The first-order valence-electron chi connectivity index (χ1n) is 3.70. The van der Waals surface area contributed by atoms with Crippen molar-refractivity contribution in [1.82, 2.24) is 4.98 Å². The first-order valence-corrected chi connectivity index (χ1v) is 3.70. The van der Waals surface area contributed by atoms with Crippen molar-refractivity contribution in [3.8, 4) is 5.88 Å². The molecule has 0 radical (unpaired) electrons. The van der Waals surface area contributed by atoms with Gasteiger partial charge in [0, 0.05) is 12.3 Å². The molecular formula is C8H11NO3. The van der Waals surface area contributed by atoms with E-state index < -0.39 is 12.1 Å². The van der Waals surface area contributed by atoms with E-state index in [1.807, 2.05) is 0 Å². The Hall–Kier alpha value is -1.29. The van der Waals surface area contributed by atoms with E-state index in [2.05, 4.69) is 4.98 Å². The molecule has 0 aliphatic rings. The summed E-state index contributed by atoms with van der Waals surface area (Å²) in [7, 11) is 0. The van der Waals surface area contributed by atoms with Crippen molar-refractivity contribution in [2.75, 3.05) is 0 Å². The van der Waals surface area contributed by atoms with Crippen molar-refractivity contribution in [3.63, 3.8) is 0 Å². The van der Waals surface area contributed by atoms with Crippen LogP contribution in [0.1, 0.15) is 13.3 Å². The van der Waals surface area contributed by atoms with Crippen molar-refractivity contribution in [2.45, 2.75) is 19.4 Å². The van der Waals surface area contributed by atoms with Crippen LogP contribution in [0.25, 0.3) is 0 Å². The lowest BCUT2D eigenvalue weighted by Gasteiger charge is -2.02. The van der Waals surface area contributed by atoms with Crippen molar-refractivity contribution in [3.05, 3.63) is 18.3 Å². The zero-order valence-corrected chi connectivity index (χ0v) is 6.78. The first kappa shape index (κ1) is 8.80. The van der Waals surface area contributed by atoms with Crippen LogP contribution in [0, 0.1) is 0 Å². The predicted octanol–water partition coefficient (Wildman–Crippen LogP) is 0.691. The Kier molecular flexibility index (Phi) is 2.88. The highest BCUT2D eigenvalue weighted by molar-refractivity contribution is 5.72. The van der Waals surface area contributed by atoms with Gasteiger partial charge in [-0.25, -0.2) is 0 Å². The molecule has 0 fully saturated rings. The molecule has 0 aliphatic heterocycles. The minimum Gasteiger partial charge on any atom is -0.409 e. The minimum absolute atomic E-state index is 0.0129. The molecule has 1 unspecified atom stereocenters. The van der Waals surface area contributed by atoms with Gasteiger partial charge in [-0.1, -0.05) is 0 Å². The Bertz CT molecular complexity index is 241. The van der Waals surface area contributed by atoms with Crippen LogP contribution in [0.2, 0.25) is 0 Å². The molecule has 4 nitrogen and oxygen atoms in total. The molecule has 2 N–H and O–H groups in total. The van der Waals surface area contributed by atoms with Gasteiger partial charge < -0.3 is 14.8 Å². The summed E-state index contributed by atoms with van der Waals surface area (Å²) in [6.07, 6.45) is 1.01. The fourth-order valence-electron chi connectivity index (χ4n) is 0.783. The highest BCUT2D eigenvalue weighted by atomic mass is 16.5. The molecule has 0 saturated carbocycles. The van der Waals surface area contributed by atoms with Gasteiger partial charge in [-0.3, -0.25) is 4.79 Å². The number of ether oxygens (including phenoxy) is 1. The number of hydrogen-bond donors (Lipinski definition) is 2. The number of aliphatic hydroxyl groups is 1. The number of carbonyl (C=O) groups excluding carboxylic acids is 1. The largest absolute Gasteiger partial charge is 0.409 e. The summed E-state index contributed by atoms with van der Waals surface area (Å²) in [5, 5.41) is 8.84. The maximum Gasteiger partial charge on any atom is 0.315 e. The van der Waals surface area contributed by atoms with Crippen LogP contribution in [-0.2, 0) is 4.79 Å². The van der Waals surface area contributed by atoms with Crippen LogP contribution in [0.3, 0.4) is 0 Å². The molecule has 0 aliphatic carbocycles. The number of esters is 1. The molecule has 66 valence electrons.